The Bertz CT molecular complexity index is 437. The smallest absolute Gasteiger partial charge is 0.122 e. The Morgan fingerprint density at radius 3 is 3.11 bits per heavy atom. The second-order valence-electron chi connectivity index (χ2n) is 4.70. The summed E-state index contributed by atoms with van der Waals surface area (Å²) in [7, 11) is 0. The van der Waals surface area contributed by atoms with Gasteiger partial charge in [0.2, 0.25) is 0 Å². The van der Waals surface area contributed by atoms with Crippen LogP contribution in [0.4, 0.5) is 0 Å². The van der Waals surface area contributed by atoms with E-state index in [0.717, 1.165) is 49.0 Å². The van der Waals surface area contributed by atoms with Gasteiger partial charge in [-0.3, -0.25) is 0 Å². The van der Waals surface area contributed by atoms with Crippen molar-refractivity contribution in [3.63, 3.8) is 0 Å². The van der Waals surface area contributed by atoms with Crippen LogP contribution >= 0.6 is 0 Å². The summed E-state index contributed by atoms with van der Waals surface area (Å²) in [5, 5.41) is 18.4. The summed E-state index contributed by atoms with van der Waals surface area (Å²) in [4.78, 5) is 0. The van der Waals surface area contributed by atoms with E-state index in [-0.39, 0.29) is 6.10 Å². The molecule has 1 aliphatic carbocycles. The molecule has 0 heterocycles. The average molecular weight is 245 g/mol. The summed E-state index contributed by atoms with van der Waals surface area (Å²) in [6.45, 7) is 0.647. The zero-order valence-corrected chi connectivity index (χ0v) is 10.6. The average Bonchev–Trinajstić information content (AvgIpc) is 2.39. The fraction of sp³-hybridized carbons (Fsp3) is 0.533. The van der Waals surface area contributed by atoms with Crippen molar-refractivity contribution in [2.75, 3.05) is 6.61 Å². The molecular weight excluding hydrogens is 226 g/mol. The normalized spacial score (nSPS) is 17.9. The van der Waals surface area contributed by atoms with Crippen LogP contribution in [0.15, 0.2) is 18.2 Å². The van der Waals surface area contributed by atoms with E-state index in [9.17, 15) is 5.11 Å². The Balaban J connectivity index is 1.97. The Kier molecular flexibility index (Phi) is 4.60. The van der Waals surface area contributed by atoms with E-state index in [1.807, 2.05) is 18.2 Å². The van der Waals surface area contributed by atoms with Gasteiger partial charge in [-0.15, -0.1) is 0 Å². The van der Waals surface area contributed by atoms with Crippen LogP contribution in [0, 0.1) is 11.3 Å². The molecule has 0 amide bonds. The molecule has 0 saturated carbocycles. The van der Waals surface area contributed by atoms with Crippen LogP contribution in [0.25, 0.3) is 0 Å². The fourth-order valence-corrected chi connectivity index (χ4v) is 2.41. The molecule has 0 spiro atoms. The minimum Gasteiger partial charge on any atom is -0.493 e. The molecule has 0 saturated heterocycles. The standard InChI is InChI=1S/C15H19NO2/c16-10-2-1-3-11-18-15-9-5-6-12-13(15)7-4-8-14(12)17/h5-6,9,14,17H,1-4,7-8,11H2. The Labute approximate surface area is 108 Å². The van der Waals surface area contributed by atoms with Gasteiger partial charge in [0.1, 0.15) is 5.75 Å². The summed E-state index contributed by atoms with van der Waals surface area (Å²) in [6.07, 6.45) is 4.89. The molecule has 1 atom stereocenters. The number of nitriles is 1. The van der Waals surface area contributed by atoms with Gasteiger partial charge < -0.3 is 9.84 Å². The van der Waals surface area contributed by atoms with E-state index < -0.39 is 0 Å². The van der Waals surface area contributed by atoms with Crippen LogP contribution in [0.3, 0.4) is 0 Å². The van der Waals surface area contributed by atoms with Gasteiger partial charge in [0.15, 0.2) is 0 Å². The molecule has 1 N–H and O–H groups in total. The number of aliphatic hydroxyl groups excluding tert-OH is 1. The molecule has 0 aliphatic heterocycles. The van der Waals surface area contributed by atoms with Crippen LogP contribution in [0.5, 0.6) is 5.75 Å². The lowest BCUT2D eigenvalue weighted by Crippen LogP contribution is -2.11. The molecule has 96 valence electrons. The lowest BCUT2D eigenvalue weighted by molar-refractivity contribution is 0.155. The van der Waals surface area contributed by atoms with Gasteiger partial charge in [0.25, 0.3) is 0 Å². The van der Waals surface area contributed by atoms with Gasteiger partial charge in [-0.2, -0.15) is 5.26 Å². The number of fused-ring (bicyclic) bond motifs is 1. The second-order valence-corrected chi connectivity index (χ2v) is 4.70. The van der Waals surface area contributed by atoms with Gasteiger partial charge >= 0.3 is 0 Å². The molecule has 2 rings (SSSR count). The largest absolute Gasteiger partial charge is 0.493 e. The molecule has 1 aromatic rings. The number of benzene rings is 1. The van der Waals surface area contributed by atoms with Crippen molar-refractivity contribution in [1.82, 2.24) is 0 Å². The van der Waals surface area contributed by atoms with Gasteiger partial charge in [0.05, 0.1) is 18.8 Å². The number of aliphatic hydroxyl groups is 1. The molecule has 1 aliphatic rings. The van der Waals surface area contributed by atoms with E-state index in [0.29, 0.717) is 13.0 Å². The third kappa shape index (κ3) is 3.02. The number of nitrogens with zero attached hydrogens (tertiary/aromatic N) is 1. The highest BCUT2D eigenvalue weighted by molar-refractivity contribution is 5.42. The van der Waals surface area contributed by atoms with Crippen molar-refractivity contribution >= 4 is 0 Å². The molecule has 0 fully saturated rings. The van der Waals surface area contributed by atoms with E-state index in [1.165, 1.54) is 0 Å². The minimum atomic E-state index is -0.337. The molecule has 0 aromatic heterocycles. The molecule has 0 bridgehead atoms. The first-order valence-electron chi connectivity index (χ1n) is 6.62. The molecule has 0 radical (unpaired) electrons. The number of rotatable bonds is 5. The number of ether oxygens (including phenoxy) is 1. The highest BCUT2D eigenvalue weighted by Gasteiger charge is 2.20. The van der Waals surface area contributed by atoms with E-state index >= 15 is 0 Å². The Morgan fingerprint density at radius 2 is 2.28 bits per heavy atom. The summed E-state index contributed by atoms with van der Waals surface area (Å²) < 4.78 is 5.78. The van der Waals surface area contributed by atoms with E-state index in [4.69, 9.17) is 10.00 Å². The highest BCUT2D eigenvalue weighted by Crippen LogP contribution is 2.35. The minimum absolute atomic E-state index is 0.337. The third-order valence-electron chi connectivity index (χ3n) is 3.37. The topological polar surface area (TPSA) is 53.2 Å². The first kappa shape index (κ1) is 12.9. The van der Waals surface area contributed by atoms with Crippen LogP contribution < -0.4 is 4.74 Å². The van der Waals surface area contributed by atoms with Crippen molar-refractivity contribution in [1.29, 1.82) is 5.26 Å². The summed E-state index contributed by atoms with van der Waals surface area (Å²) >= 11 is 0. The predicted octanol–water partition coefficient (Wildman–Crippen LogP) is 3.13. The van der Waals surface area contributed by atoms with Gasteiger partial charge in [-0.05, 0) is 49.3 Å². The quantitative estimate of drug-likeness (QED) is 0.811. The molecule has 1 unspecified atom stereocenters. The van der Waals surface area contributed by atoms with Crippen molar-refractivity contribution < 1.29 is 9.84 Å². The molecule has 1 aromatic carbocycles. The fourth-order valence-electron chi connectivity index (χ4n) is 2.41. The number of hydrogen-bond donors (Lipinski definition) is 1. The summed E-state index contributed by atoms with van der Waals surface area (Å²) in [6, 6.07) is 8.04. The molecule has 18 heavy (non-hydrogen) atoms. The maximum absolute atomic E-state index is 9.94. The first-order chi connectivity index (χ1) is 8.83. The zero-order valence-electron chi connectivity index (χ0n) is 10.6. The molecule has 3 heteroatoms. The van der Waals surface area contributed by atoms with Crippen molar-refractivity contribution in [2.45, 2.75) is 44.6 Å². The lowest BCUT2D eigenvalue weighted by Gasteiger charge is -2.23. The van der Waals surface area contributed by atoms with Gasteiger partial charge in [-0.25, -0.2) is 0 Å². The molecular formula is C15H19NO2. The summed E-state index contributed by atoms with van der Waals surface area (Å²) in [5.74, 6) is 0.906. The van der Waals surface area contributed by atoms with E-state index in [1.54, 1.807) is 0 Å². The first-order valence-corrected chi connectivity index (χ1v) is 6.62. The molecule has 3 nitrogen and oxygen atoms in total. The Morgan fingerprint density at radius 1 is 1.39 bits per heavy atom. The second kappa shape index (κ2) is 6.42. The zero-order chi connectivity index (χ0) is 12.8. The SMILES string of the molecule is N#CCCCCOc1cccc2c1CCCC2O. The number of unbranched alkanes of at least 4 members (excludes halogenated alkanes) is 2. The highest BCUT2D eigenvalue weighted by atomic mass is 16.5. The summed E-state index contributed by atoms with van der Waals surface area (Å²) in [5.41, 5.74) is 2.19. The van der Waals surface area contributed by atoms with Gasteiger partial charge in [-0.1, -0.05) is 12.1 Å². The maximum atomic E-state index is 9.94. The van der Waals surface area contributed by atoms with Crippen LogP contribution in [0.1, 0.15) is 49.3 Å². The van der Waals surface area contributed by atoms with Crippen molar-refractivity contribution in [2.24, 2.45) is 0 Å². The number of hydrogen-bond acceptors (Lipinski definition) is 3. The van der Waals surface area contributed by atoms with Crippen LogP contribution in [-0.4, -0.2) is 11.7 Å². The monoisotopic (exact) mass is 245 g/mol. The van der Waals surface area contributed by atoms with Crippen LogP contribution in [-0.2, 0) is 6.42 Å². The maximum Gasteiger partial charge on any atom is 0.122 e. The van der Waals surface area contributed by atoms with Crippen LogP contribution in [0.2, 0.25) is 0 Å². The Hall–Kier alpha value is -1.53. The van der Waals surface area contributed by atoms with Crippen molar-refractivity contribution in [3.8, 4) is 11.8 Å². The predicted molar refractivity (Wildman–Crippen MR) is 69.3 cm³/mol. The van der Waals surface area contributed by atoms with Crippen molar-refractivity contribution in [3.05, 3.63) is 29.3 Å². The van der Waals surface area contributed by atoms with Gasteiger partial charge in [0, 0.05) is 6.42 Å². The third-order valence-corrected chi connectivity index (χ3v) is 3.37. The lowest BCUT2D eigenvalue weighted by atomic mass is 9.89. The van der Waals surface area contributed by atoms with E-state index in [2.05, 4.69) is 6.07 Å².